The summed E-state index contributed by atoms with van der Waals surface area (Å²) in [7, 11) is 0. The van der Waals surface area contributed by atoms with E-state index in [2.05, 4.69) is 33.4 Å². The van der Waals surface area contributed by atoms with E-state index < -0.39 is 17.9 Å². The zero-order valence-corrected chi connectivity index (χ0v) is 19.2. The Morgan fingerprint density at radius 1 is 1.29 bits per heavy atom. The van der Waals surface area contributed by atoms with Crippen LogP contribution in [-0.4, -0.2) is 49.1 Å². The normalized spacial score (nSPS) is 18.0. The van der Waals surface area contributed by atoms with E-state index in [1.807, 2.05) is 0 Å². The Balaban J connectivity index is 1.69. The Labute approximate surface area is 200 Å². The fraction of sp³-hybridized carbons (Fsp3) is 0.417. The van der Waals surface area contributed by atoms with Gasteiger partial charge in [-0.25, -0.2) is 9.37 Å². The van der Waals surface area contributed by atoms with E-state index >= 15 is 0 Å². The number of carbonyl (C=O) groups is 1. The summed E-state index contributed by atoms with van der Waals surface area (Å²) in [6.07, 6.45) is 0.704. The molecular weight excluding hydrogens is 466 g/mol. The summed E-state index contributed by atoms with van der Waals surface area (Å²) >= 11 is 0. The lowest BCUT2D eigenvalue weighted by Crippen LogP contribution is -2.65. The van der Waals surface area contributed by atoms with Crippen LogP contribution in [0.1, 0.15) is 25.3 Å². The van der Waals surface area contributed by atoms with Crippen molar-refractivity contribution in [2.45, 2.75) is 31.8 Å². The second-order valence-corrected chi connectivity index (χ2v) is 8.74. The number of unbranched alkanes of at least 4 members (excludes halogenated alkanes) is 1. The van der Waals surface area contributed by atoms with E-state index in [0.29, 0.717) is 17.2 Å². The van der Waals surface area contributed by atoms with Crippen LogP contribution in [0.25, 0.3) is 5.57 Å². The number of amides is 1. The van der Waals surface area contributed by atoms with Crippen LogP contribution in [0, 0.1) is 5.92 Å². The Morgan fingerprint density at radius 2 is 1.97 bits per heavy atom. The minimum Gasteiger partial charge on any atom is -0.406 e. The molecule has 35 heavy (non-hydrogen) atoms. The maximum atomic E-state index is 14.7. The summed E-state index contributed by atoms with van der Waals surface area (Å²) in [5, 5.41) is 6.45. The van der Waals surface area contributed by atoms with E-state index in [4.69, 9.17) is 5.73 Å². The molecule has 2 aliphatic heterocycles. The highest BCUT2D eigenvalue weighted by molar-refractivity contribution is 5.91. The molecule has 0 spiro atoms. The smallest absolute Gasteiger partial charge is 0.406 e. The summed E-state index contributed by atoms with van der Waals surface area (Å²) in [6, 6.07) is 7.12. The van der Waals surface area contributed by atoms with Crippen molar-refractivity contribution in [1.29, 1.82) is 0 Å². The molecule has 2 saturated heterocycles. The van der Waals surface area contributed by atoms with Crippen LogP contribution in [0.15, 0.2) is 42.6 Å². The number of aromatic nitrogens is 1. The summed E-state index contributed by atoms with van der Waals surface area (Å²) in [4.78, 5) is 17.8. The molecular formula is C24H27F4N5O2. The molecule has 0 radical (unpaired) electrons. The van der Waals surface area contributed by atoms with Crippen LogP contribution in [0.5, 0.6) is 5.75 Å². The SMILES string of the molecule is CCC/C=C(\c1c(N2CC(F)(C(N)=O)C2)ccnc1Nc1ccc(OC(F)(F)F)cc1)C1CNC1. The van der Waals surface area contributed by atoms with E-state index in [9.17, 15) is 22.4 Å². The second kappa shape index (κ2) is 9.73. The van der Waals surface area contributed by atoms with Crippen LogP contribution in [0.3, 0.4) is 0 Å². The van der Waals surface area contributed by atoms with E-state index in [1.54, 1.807) is 17.2 Å². The average Bonchev–Trinajstić information content (AvgIpc) is 2.73. The van der Waals surface area contributed by atoms with Crippen molar-refractivity contribution >= 4 is 28.7 Å². The van der Waals surface area contributed by atoms with E-state index in [-0.39, 0.29) is 24.8 Å². The second-order valence-electron chi connectivity index (χ2n) is 8.74. The standard InChI is InChI=1S/C24H27F4N5O2/c1-2-3-4-18(15-11-30-12-15)20-19(33-13-23(25,14-33)22(29)34)9-10-31-21(20)32-16-5-7-17(8-6-16)35-24(26,27)28/h4-10,15,30H,2-3,11-14H2,1H3,(H2,29,34)(H,31,32)/b18-4-. The number of pyridine rings is 1. The first kappa shape index (κ1) is 24.8. The van der Waals surface area contributed by atoms with Gasteiger partial charge in [0.15, 0.2) is 0 Å². The molecule has 1 aromatic heterocycles. The molecule has 1 amide bonds. The molecule has 7 nitrogen and oxygen atoms in total. The van der Waals surface area contributed by atoms with Gasteiger partial charge in [-0.05, 0) is 42.3 Å². The summed E-state index contributed by atoms with van der Waals surface area (Å²) < 4.78 is 56.1. The first-order chi connectivity index (χ1) is 16.6. The molecule has 4 N–H and O–H groups in total. The third kappa shape index (κ3) is 5.50. The lowest BCUT2D eigenvalue weighted by atomic mass is 9.85. The van der Waals surface area contributed by atoms with Gasteiger partial charge in [0.05, 0.1) is 13.1 Å². The number of alkyl halides is 4. The first-order valence-electron chi connectivity index (χ1n) is 11.4. The van der Waals surface area contributed by atoms with Crippen molar-refractivity contribution in [1.82, 2.24) is 10.3 Å². The van der Waals surface area contributed by atoms with Gasteiger partial charge in [0, 0.05) is 42.1 Å². The number of primary amides is 1. The Morgan fingerprint density at radius 3 is 2.51 bits per heavy atom. The number of hydrogen-bond donors (Lipinski definition) is 3. The number of nitrogens with one attached hydrogen (secondary N) is 2. The minimum atomic E-state index is -4.78. The van der Waals surface area contributed by atoms with Gasteiger partial charge in [0.2, 0.25) is 5.67 Å². The van der Waals surface area contributed by atoms with Crippen molar-refractivity contribution in [2.75, 3.05) is 36.4 Å². The number of nitrogens with zero attached hydrogens (tertiary/aromatic N) is 2. The molecule has 2 aromatic rings. The number of nitrogens with two attached hydrogens (primary N) is 1. The van der Waals surface area contributed by atoms with Gasteiger partial charge in [-0.2, -0.15) is 0 Å². The van der Waals surface area contributed by atoms with Gasteiger partial charge in [0.1, 0.15) is 11.6 Å². The van der Waals surface area contributed by atoms with Crippen molar-refractivity contribution in [3.05, 3.63) is 48.2 Å². The van der Waals surface area contributed by atoms with Crippen LogP contribution < -0.4 is 26.0 Å². The quantitative estimate of drug-likeness (QED) is 0.455. The fourth-order valence-corrected chi connectivity index (χ4v) is 4.14. The van der Waals surface area contributed by atoms with Crippen LogP contribution >= 0.6 is 0 Å². The van der Waals surface area contributed by atoms with Gasteiger partial charge >= 0.3 is 6.36 Å². The number of benzene rings is 1. The zero-order valence-electron chi connectivity index (χ0n) is 19.2. The predicted octanol–water partition coefficient (Wildman–Crippen LogP) is 4.14. The van der Waals surface area contributed by atoms with Crippen LogP contribution in [-0.2, 0) is 4.79 Å². The zero-order chi connectivity index (χ0) is 25.2. The van der Waals surface area contributed by atoms with Gasteiger partial charge in [-0.1, -0.05) is 19.4 Å². The molecule has 2 aliphatic rings. The largest absolute Gasteiger partial charge is 0.573 e. The maximum absolute atomic E-state index is 14.7. The third-order valence-corrected chi connectivity index (χ3v) is 6.11. The van der Waals surface area contributed by atoms with E-state index in [0.717, 1.165) is 37.1 Å². The molecule has 0 unspecified atom stereocenters. The number of anilines is 3. The molecule has 1 aromatic carbocycles. The van der Waals surface area contributed by atoms with Crippen molar-refractivity contribution < 1.29 is 27.1 Å². The first-order valence-corrected chi connectivity index (χ1v) is 11.4. The van der Waals surface area contributed by atoms with Crippen LogP contribution in [0.2, 0.25) is 0 Å². The minimum absolute atomic E-state index is 0.160. The molecule has 2 fully saturated rings. The topological polar surface area (TPSA) is 92.5 Å². The Kier molecular flexibility index (Phi) is 6.88. The molecule has 4 rings (SSSR count). The molecule has 0 bridgehead atoms. The number of allylic oxidation sites excluding steroid dienone is 1. The molecule has 11 heteroatoms. The van der Waals surface area contributed by atoms with Gasteiger partial charge in [-0.15, -0.1) is 13.2 Å². The predicted molar refractivity (Wildman–Crippen MR) is 125 cm³/mol. The molecule has 188 valence electrons. The third-order valence-electron chi connectivity index (χ3n) is 6.11. The van der Waals surface area contributed by atoms with Gasteiger partial charge in [-0.3, -0.25) is 4.79 Å². The lowest BCUT2D eigenvalue weighted by Gasteiger charge is -2.45. The summed E-state index contributed by atoms with van der Waals surface area (Å²) in [5.41, 5.74) is 6.18. The summed E-state index contributed by atoms with van der Waals surface area (Å²) in [6.45, 7) is 3.31. The number of ether oxygens (including phenoxy) is 1. The van der Waals surface area contributed by atoms with Crippen molar-refractivity contribution in [3.8, 4) is 5.75 Å². The lowest BCUT2D eigenvalue weighted by molar-refractivity contribution is -0.274. The Bertz CT molecular complexity index is 1090. The number of halogens is 4. The summed E-state index contributed by atoms with van der Waals surface area (Å²) in [5.74, 6) is -0.619. The van der Waals surface area contributed by atoms with E-state index in [1.165, 1.54) is 24.3 Å². The van der Waals surface area contributed by atoms with Gasteiger partial charge < -0.3 is 26.0 Å². The van der Waals surface area contributed by atoms with Gasteiger partial charge in [0.25, 0.3) is 5.91 Å². The molecule has 3 heterocycles. The average molecular weight is 494 g/mol. The number of hydrogen-bond acceptors (Lipinski definition) is 6. The highest BCUT2D eigenvalue weighted by atomic mass is 19.4. The van der Waals surface area contributed by atoms with Crippen LogP contribution in [0.4, 0.5) is 34.8 Å². The molecule has 0 atom stereocenters. The highest BCUT2D eigenvalue weighted by Gasteiger charge is 2.50. The number of carbonyl (C=O) groups excluding carboxylic acids is 1. The fourth-order valence-electron chi connectivity index (χ4n) is 4.14. The molecule has 0 aliphatic carbocycles. The maximum Gasteiger partial charge on any atom is 0.573 e. The number of rotatable bonds is 9. The monoisotopic (exact) mass is 493 g/mol. The van der Waals surface area contributed by atoms with Crippen molar-refractivity contribution in [2.24, 2.45) is 11.7 Å². The highest BCUT2D eigenvalue weighted by Crippen LogP contribution is 2.42. The van der Waals surface area contributed by atoms with Crippen molar-refractivity contribution in [3.63, 3.8) is 0 Å². The Hall–Kier alpha value is -3.34. The molecule has 0 saturated carbocycles.